The summed E-state index contributed by atoms with van der Waals surface area (Å²) in [6.07, 6.45) is 2.85. The Morgan fingerprint density at radius 1 is 1.20 bits per heavy atom. The standard InChI is InChI=1S/C14H17Cl2N3O/c1-2-7-17-8-3-4-13-18-19-14(20-13)11-9-10(15)5-6-12(11)16/h5-6,9,17H,2-4,7-8H2,1H3. The number of hydrogen-bond donors (Lipinski definition) is 1. The van der Waals surface area contributed by atoms with Gasteiger partial charge in [-0.05, 0) is 44.1 Å². The van der Waals surface area contributed by atoms with E-state index in [2.05, 4.69) is 22.4 Å². The van der Waals surface area contributed by atoms with Crippen molar-refractivity contribution in [3.8, 4) is 11.5 Å². The van der Waals surface area contributed by atoms with Crippen molar-refractivity contribution in [2.45, 2.75) is 26.2 Å². The molecule has 0 saturated carbocycles. The van der Waals surface area contributed by atoms with Crippen molar-refractivity contribution in [2.24, 2.45) is 0 Å². The van der Waals surface area contributed by atoms with Crippen molar-refractivity contribution < 1.29 is 4.42 Å². The Hall–Kier alpha value is -1.10. The summed E-state index contributed by atoms with van der Waals surface area (Å²) in [5.74, 6) is 1.03. The van der Waals surface area contributed by atoms with E-state index < -0.39 is 0 Å². The molecule has 0 fully saturated rings. The lowest BCUT2D eigenvalue weighted by atomic mass is 10.2. The maximum Gasteiger partial charge on any atom is 0.249 e. The summed E-state index contributed by atoms with van der Waals surface area (Å²) in [6.45, 7) is 4.13. The highest BCUT2D eigenvalue weighted by molar-refractivity contribution is 6.35. The normalized spacial score (nSPS) is 10.9. The Labute approximate surface area is 128 Å². The molecular weight excluding hydrogens is 297 g/mol. The van der Waals surface area contributed by atoms with Crippen molar-refractivity contribution in [1.29, 1.82) is 0 Å². The van der Waals surface area contributed by atoms with Gasteiger partial charge in [-0.2, -0.15) is 0 Å². The van der Waals surface area contributed by atoms with Crippen LogP contribution in [0.1, 0.15) is 25.7 Å². The second-order valence-electron chi connectivity index (χ2n) is 4.48. The predicted octanol–water partition coefficient (Wildman–Crippen LogP) is 3.98. The lowest BCUT2D eigenvalue weighted by Gasteiger charge is -2.00. The van der Waals surface area contributed by atoms with E-state index in [0.717, 1.165) is 32.4 Å². The van der Waals surface area contributed by atoms with Crippen molar-refractivity contribution in [3.63, 3.8) is 0 Å². The Bertz CT molecular complexity index is 557. The molecule has 1 heterocycles. The molecule has 0 aliphatic carbocycles. The van der Waals surface area contributed by atoms with Crippen LogP contribution in [0.25, 0.3) is 11.5 Å². The first-order valence-corrected chi connectivity index (χ1v) is 7.45. The molecule has 0 saturated heterocycles. The SMILES string of the molecule is CCCNCCCc1nnc(-c2cc(Cl)ccc2Cl)o1. The summed E-state index contributed by atoms with van der Waals surface area (Å²) in [5, 5.41) is 12.5. The van der Waals surface area contributed by atoms with E-state index >= 15 is 0 Å². The van der Waals surface area contributed by atoms with E-state index in [9.17, 15) is 0 Å². The first kappa shape index (κ1) is 15.3. The second-order valence-corrected chi connectivity index (χ2v) is 5.32. The van der Waals surface area contributed by atoms with Gasteiger partial charge in [-0.3, -0.25) is 0 Å². The van der Waals surface area contributed by atoms with Crippen LogP contribution in [0.2, 0.25) is 10.0 Å². The van der Waals surface area contributed by atoms with Crippen LogP contribution < -0.4 is 5.32 Å². The highest BCUT2D eigenvalue weighted by Gasteiger charge is 2.12. The molecule has 0 unspecified atom stereocenters. The summed E-state index contributed by atoms with van der Waals surface area (Å²) in [5.41, 5.74) is 0.669. The predicted molar refractivity (Wildman–Crippen MR) is 81.2 cm³/mol. The van der Waals surface area contributed by atoms with Crippen LogP contribution in [-0.2, 0) is 6.42 Å². The smallest absolute Gasteiger partial charge is 0.249 e. The van der Waals surface area contributed by atoms with Crippen molar-refractivity contribution in [1.82, 2.24) is 15.5 Å². The zero-order valence-corrected chi connectivity index (χ0v) is 12.8. The lowest BCUT2D eigenvalue weighted by molar-refractivity contribution is 0.491. The minimum atomic E-state index is 0.411. The fourth-order valence-corrected chi connectivity index (χ4v) is 2.16. The number of halogens is 2. The summed E-state index contributed by atoms with van der Waals surface area (Å²) in [4.78, 5) is 0. The van der Waals surface area contributed by atoms with Gasteiger partial charge in [0, 0.05) is 11.4 Å². The zero-order chi connectivity index (χ0) is 14.4. The number of nitrogens with one attached hydrogen (secondary N) is 1. The molecule has 1 N–H and O–H groups in total. The van der Waals surface area contributed by atoms with Gasteiger partial charge in [0.25, 0.3) is 0 Å². The largest absolute Gasteiger partial charge is 0.421 e. The van der Waals surface area contributed by atoms with E-state index in [1.54, 1.807) is 18.2 Å². The van der Waals surface area contributed by atoms with Crippen LogP contribution >= 0.6 is 23.2 Å². The average molecular weight is 314 g/mol. The molecule has 0 aliphatic heterocycles. The van der Waals surface area contributed by atoms with Crippen LogP contribution in [0, 0.1) is 0 Å². The molecule has 0 amide bonds. The van der Waals surface area contributed by atoms with Crippen LogP contribution in [0.5, 0.6) is 0 Å². The van der Waals surface area contributed by atoms with Crippen LogP contribution in [0.15, 0.2) is 22.6 Å². The molecule has 0 atom stereocenters. The van der Waals surface area contributed by atoms with Gasteiger partial charge in [0.15, 0.2) is 0 Å². The van der Waals surface area contributed by atoms with Crippen molar-refractivity contribution in [2.75, 3.05) is 13.1 Å². The molecule has 108 valence electrons. The van der Waals surface area contributed by atoms with Crippen molar-refractivity contribution in [3.05, 3.63) is 34.1 Å². The van der Waals surface area contributed by atoms with Gasteiger partial charge in [0.2, 0.25) is 11.8 Å². The number of rotatable bonds is 7. The molecule has 20 heavy (non-hydrogen) atoms. The minimum absolute atomic E-state index is 0.411. The minimum Gasteiger partial charge on any atom is -0.421 e. The molecule has 4 nitrogen and oxygen atoms in total. The third kappa shape index (κ3) is 4.20. The molecule has 2 aromatic rings. The van der Waals surface area contributed by atoms with E-state index in [1.807, 2.05) is 0 Å². The molecular formula is C14H17Cl2N3O. The highest BCUT2D eigenvalue weighted by Crippen LogP contribution is 2.29. The van der Waals surface area contributed by atoms with E-state index in [0.29, 0.717) is 27.4 Å². The number of aromatic nitrogens is 2. The van der Waals surface area contributed by atoms with Gasteiger partial charge in [-0.15, -0.1) is 10.2 Å². The quantitative estimate of drug-likeness (QED) is 0.786. The summed E-state index contributed by atoms with van der Waals surface area (Å²) in [6, 6.07) is 5.17. The van der Waals surface area contributed by atoms with Crippen LogP contribution in [-0.4, -0.2) is 23.3 Å². The number of aryl methyl sites for hydroxylation is 1. The third-order valence-corrected chi connectivity index (χ3v) is 3.36. The van der Waals surface area contributed by atoms with Crippen LogP contribution in [0.4, 0.5) is 0 Å². The highest BCUT2D eigenvalue weighted by atomic mass is 35.5. The lowest BCUT2D eigenvalue weighted by Crippen LogP contribution is -2.16. The zero-order valence-electron chi connectivity index (χ0n) is 11.3. The number of nitrogens with zero attached hydrogens (tertiary/aromatic N) is 2. The van der Waals surface area contributed by atoms with Gasteiger partial charge in [-0.1, -0.05) is 30.1 Å². The molecule has 0 radical (unpaired) electrons. The monoisotopic (exact) mass is 313 g/mol. The second kappa shape index (κ2) is 7.62. The van der Waals surface area contributed by atoms with E-state index in [1.165, 1.54) is 0 Å². The molecule has 0 bridgehead atoms. The Kier molecular flexibility index (Phi) is 5.83. The summed E-state index contributed by atoms with van der Waals surface area (Å²) in [7, 11) is 0. The van der Waals surface area contributed by atoms with Gasteiger partial charge < -0.3 is 9.73 Å². The third-order valence-electron chi connectivity index (χ3n) is 2.80. The molecule has 1 aromatic carbocycles. The van der Waals surface area contributed by atoms with E-state index in [-0.39, 0.29) is 0 Å². The molecule has 1 aromatic heterocycles. The topological polar surface area (TPSA) is 51.0 Å². The first-order chi connectivity index (χ1) is 9.70. The van der Waals surface area contributed by atoms with Crippen LogP contribution in [0.3, 0.4) is 0 Å². The Balaban J connectivity index is 1.96. The average Bonchev–Trinajstić information content (AvgIpc) is 2.90. The summed E-state index contributed by atoms with van der Waals surface area (Å²) >= 11 is 12.1. The van der Waals surface area contributed by atoms with Gasteiger partial charge in [0.1, 0.15) is 0 Å². The molecule has 0 aliphatic rings. The molecule has 6 heteroatoms. The van der Waals surface area contributed by atoms with E-state index in [4.69, 9.17) is 27.6 Å². The summed E-state index contributed by atoms with van der Waals surface area (Å²) < 4.78 is 5.62. The number of hydrogen-bond acceptors (Lipinski definition) is 4. The molecule has 0 spiro atoms. The first-order valence-electron chi connectivity index (χ1n) is 6.69. The Morgan fingerprint density at radius 3 is 2.85 bits per heavy atom. The van der Waals surface area contributed by atoms with Gasteiger partial charge in [-0.25, -0.2) is 0 Å². The fourth-order valence-electron chi connectivity index (χ4n) is 1.79. The maximum absolute atomic E-state index is 6.11. The molecule has 2 rings (SSSR count). The van der Waals surface area contributed by atoms with Gasteiger partial charge >= 0.3 is 0 Å². The fraction of sp³-hybridized carbons (Fsp3) is 0.429. The maximum atomic E-state index is 6.11. The van der Waals surface area contributed by atoms with Crippen molar-refractivity contribution >= 4 is 23.2 Å². The number of benzene rings is 1. The Morgan fingerprint density at radius 2 is 2.05 bits per heavy atom. The van der Waals surface area contributed by atoms with Gasteiger partial charge in [0.05, 0.1) is 10.6 Å².